The molecule has 1 heterocycles. The first-order chi connectivity index (χ1) is 8.08. The van der Waals surface area contributed by atoms with E-state index in [0.717, 1.165) is 12.8 Å². The van der Waals surface area contributed by atoms with Crippen LogP contribution in [0.1, 0.15) is 23.3 Å². The molecule has 1 aliphatic rings. The lowest BCUT2D eigenvalue weighted by atomic mass is 10.2. The van der Waals surface area contributed by atoms with E-state index in [0.29, 0.717) is 5.92 Å². The van der Waals surface area contributed by atoms with E-state index >= 15 is 0 Å². The van der Waals surface area contributed by atoms with E-state index in [1.807, 2.05) is 0 Å². The number of hydrogen-bond acceptors (Lipinski definition) is 3. The normalized spacial score (nSPS) is 16.6. The topological polar surface area (TPSA) is 62.2 Å². The summed E-state index contributed by atoms with van der Waals surface area (Å²) in [5.74, 6) is -0.102. The average Bonchev–Trinajstić information content (AvgIpc) is 3.12. The maximum Gasteiger partial charge on any atom is 0.271 e. The van der Waals surface area contributed by atoms with Crippen LogP contribution < -0.4 is 5.32 Å². The molecule has 1 aromatic rings. The van der Waals surface area contributed by atoms with Gasteiger partial charge < -0.3 is 10.4 Å². The second-order valence-electron chi connectivity index (χ2n) is 4.08. The summed E-state index contributed by atoms with van der Waals surface area (Å²) >= 11 is 11.5. The van der Waals surface area contributed by atoms with Crippen LogP contribution in [0, 0.1) is 5.92 Å². The molecule has 1 aromatic heterocycles. The third-order valence-electron chi connectivity index (χ3n) is 2.67. The predicted octanol–water partition coefficient (Wildman–Crippen LogP) is 1.89. The van der Waals surface area contributed by atoms with Crippen molar-refractivity contribution in [3.63, 3.8) is 0 Å². The molecule has 0 saturated heterocycles. The van der Waals surface area contributed by atoms with Gasteiger partial charge in [-0.3, -0.25) is 4.79 Å². The monoisotopic (exact) mass is 274 g/mol. The molecule has 1 atom stereocenters. The first kappa shape index (κ1) is 12.6. The number of nitrogens with one attached hydrogen (secondary N) is 1. The van der Waals surface area contributed by atoms with Crippen molar-refractivity contribution in [2.45, 2.75) is 18.9 Å². The van der Waals surface area contributed by atoms with Gasteiger partial charge in [-0.05, 0) is 30.9 Å². The number of nitrogens with zero attached hydrogens (tertiary/aromatic N) is 1. The number of hydrogen-bond donors (Lipinski definition) is 2. The Hall–Kier alpha value is -0.840. The molecule has 0 aliphatic heterocycles. The van der Waals surface area contributed by atoms with Gasteiger partial charge >= 0.3 is 0 Å². The highest BCUT2D eigenvalue weighted by Gasteiger charge is 2.29. The lowest BCUT2D eigenvalue weighted by Gasteiger charge is -2.10. The zero-order valence-corrected chi connectivity index (χ0v) is 10.5. The third-order valence-corrected chi connectivity index (χ3v) is 3.18. The van der Waals surface area contributed by atoms with Gasteiger partial charge in [-0.1, -0.05) is 23.2 Å². The molecule has 92 valence electrons. The standard InChI is InChI=1S/C11H12Cl2N2O2/c12-7-3-4-9(13)15-10(7)11(17)14-5-8(16)6-1-2-6/h3-4,6,8,16H,1-2,5H2,(H,14,17). The SMILES string of the molecule is O=C(NCC(O)C1CC1)c1nc(Cl)ccc1Cl. The Morgan fingerprint density at radius 1 is 1.53 bits per heavy atom. The van der Waals surface area contributed by atoms with Gasteiger partial charge in [-0.2, -0.15) is 0 Å². The van der Waals surface area contributed by atoms with Crippen molar-refractivity contribution < 1.29 is 9.90 Å². The summed E-state index contributed by atoms with van der Waals surface area (Å²) in [5, 5.41) is 12.7. The van der Waals surface area contributed by atoms with E-state index in [1.165, 1.54) is 12.1 Å². The quantitative estimate of drug-likeness (QED) is 0.825. The van der Waals surface area contributed by atoms with Crippen molar-refractivity contribution in [1.82, 2.24) is 10.3 Å². The minimum Gasteiger partial charge on any atom is -0.391 e. The minimum atomic E-state index is -0.489. The third kappa shape index (κ3) is 3.31. The molecule has 1 saturated carbocycles. The molecule has 2 rings (SSSR count). The van der Waals surface area contributed by atoms with Crippen LogP contribution in [0.25, 0.3) is 0 Å². The number of aliphatic hydroxyl groups is 1. The number of aromatic nitrogens is 1. The predicted molar refractivity (Wildman–Crippen MR) is 65.3 cm³/mol. The summed E-state index contributed by atoms with van der Waals surface area (Å²) in [6.45, 7) is 0.216. The van der Waals surface area contributed by atoms with Gasteiger partial charge in [0.15, 0.2) is 0 Å². The van der Waals surface area contributed by atoms with E-state index in [-0.39, 0.29) is 22.4 Å². The van der Waals surface area contributed by atoms with Gasteiger partial charge in [0.25, 0.3) is 5.91 Å². The highest BCUT2D eigenvalue weighted by Crippen LogP contribution is 2.32. The van der Waals surface area contributed by atoms with Gasteiger partial charge in [0, 0.05) is 6.54 Å². The zero-order valence-electron chi connectivity index (χ0n) is 8.99. The maximum absolute atomic E-state index is 11.7. The van der Waals surface area contributed by atoms with Crippen LogP contribution in [0.2, 0.25) is 10.2 Å². The first-order valence-corrected chi connectivity index (χ1v) is 6.12. The van der Waals surface area contributed by atoms with E-state index in [2.05, 4.69) is 10.3 Å². The van der Waals surface area contributed by atoms with E-state index in [4.69, 9.17) is 23.2 Å². The van der Waals surface area contributed by atoms with Gasteiger partial charge in [0.05, 0.1) is 11.1 Å². The fraction of sp³-hybridized carbons (Fsp3) is 0.455. The van der Waals surface area contributed by atoms with Crippen molar-refractivity contribution in [2.24, 2.45) is 5.92 Å². The number of carbonyl (C=O) groups is 1. The number of aliphatic hydroxyl groups excluding tert-OH is 1. The van der Waals surface area contributed by atoms with Gasteiger partial charge in [0.1, 0.15) is 10.8 Å². The molecule has 1 amide bonds. The van der Waals surface area contributed by atoms with Gasteiger partial charge in [-0.15, -0.1) is 0 Å². The Labute approximate surface area is 109 Å². The van der Waals surface area contributed by atoms with Crippen molar-refractivity contribution in [3.05, 3.63) is 28.0 Å². The van der Waals surface area contributed by atoms with Crippen LogP contribution in [-0.2, 0) is 0 Å². The van der Waals surface area contributed by atoms with E-state index in [9.17, 15) is 9.90 Å². The van der Waals surface area contributed by atoms with E-state index in [1.54, 1.807) is 0 Å². The van der Waals surface area contributed by atoms with Gasteiger partial charge in [-0.25, -0.2) is 4.98 Å². The second kappa shape index (κ2) is 5.21. The van der Waals surface area contributed by atoms with Crippen molar-refractivity contribution in [2.75, 3.05) is 6.54 Å². The Morgan fingerprint density at radius 2 is 2.24 bits per heavy atom. The molecule has 0 bridgehead atoms. The summed E-state index contributed by atoms with van der Waals surface area (Å²) in [6, 6.07) is 3.03. The lowest BCUT2D eigenvalue weighted by Crippen LogP contribution is -2.33. The molecule has 1 fully saturated rings. The first-order valence-electron chi connectivity index (χ1n) is 5.36. The Bertz CT molecular complexity index is 435. The van der Waals surface area contributed by atoms with Crippen LogP contribution >= 0.6 is 23.2 Å². The summed E-state index contributed by atoms with van der Waals surface area (Å²) in [5.41, 5.74) is 0.0853. The molecule has 0 spiro atoms. The molecule has 1 aliphatic carbocycles. The van der Waals surface area contributed by atoms with Crippen LogP contribution in [0.4, 0.5) is 0 Å². The maximum atomic E-state index is 11.7. The summed E-state index contributed by atoms with van der Waals surface area (Å²) in [7, 11) is 0. The molecule has 0 aromatic carbocycles. The lowest BCUT2D eigenvalue weighted by molar-refractivity contribution is 0.0896. The molecule has 6 heteroatoms. The zero-order chi connectivity index (χ0) is 12.4. The molecule has 17 heavy (non-hydrogen) atoms. The number of amides is 1. The number of pyridine rings is 1. The van der Waals surface area contributed by atoms with E-state index < -0.39 is 12.0 Å². The second-order valence-corrected chi connectivity index (χ2v) is 4.87. The van der Waals surface area contributed by atoms with Crippen molar-refractivity contribution in [1.29, 1.82) is 0 Å². The molecule has 2 N–H and O–H groups in total. The highest BCUT2D eigenvalue weighted by atomic mass is 35.5. The molecular weight excluding hydrogens is 263 g/mol. The van der Waals surface area contributed by atoms with Crippen molar-refractivity contribution >= 4 is 29.1 Å². The Balaban J connectivity index is 1.96. The molecule has 0 radical (unpaired) electrons. The number of halogens is 2. The Morgan fingerprint density at radius 3 is 2.88 bits per heavy atom. The largest absolute Gasteiger partial charge is 0.391 e. The summed E-state index contributed by atoms with van der Waals surface area (Å²) in [4.78, 5) is 15.6. The Kier molecular flexibility index (Phi) is 3.86. The smallest absolute Gasteiger partial charge is 0.271 e. The van der Waals surface area contributed by atoms with Crippen LogP contribution in [0.15, 0.2) is 12.1 Å². The van der Waals surface area contributed by atoms with Gasteiger partial charge in [0.2, 0.25) is 0 Å². The fourth-order valence-corrected chi connectivity index (χ4v) is 1.84. The fourth-order valence-electron chi connectivity index (χ4n) is 1.51. The number of carbonyl (C=O) groups excluding carboxylic acids is 1. The highest BCUT2D eigenvalue weighted by molar-refractivity contribution is 6.34. The minimum absolute atomic E-state index is 0.0853. The number of rotatable bonds is 4. The van der Waals surface area contributed by atoms with Crippen molar-refractivity contribution in [3.8, 4) is 0 Å². The molecular formula is C11H12Cl2N2O2. The summed E-state index contributed by atoms with van der Waals surface area (Å²) < 4.78 is 0. The van der Waals surface area contributed by atoms with Crippen LogP contribution in [-0.4, -0.2) is 28.6 Å². The average molecular weight is 275 g/mol. The molecule has 4 nitrogen and oxygen atoms in total. The van der Waals surface area contributed by atoms with Crippen LogP contribution in [0.3, 0.4) is 0 Å². The summed E-state index contributed by atoms with van der Waals surface area (Å²) in [6.07, 6.45) is 1.55. The molecule has 1 unspecified atom stereocenters. The van der Waals surface area contributed by atoms with Crippen LogP contribution in [0.5, 0.6) is 0 Å².